The van der Waals surface area contributed by atoms with Crippen molar-refractivity contribution in [2.75, 3.05) is 18.0 Å². The Labute approximate surface area is 163 Å². The molecule has 27 heavy (non-hydrogen) atoms. The van der Waals surface area contributed by atoms with Crippen molar-refractivity contribution in [1.29, 1.82) is 0 Å². The highest BCUT2D eigenvalue weighted by molar-refractivity contribution is 6.31. The number of imide groups is 1. The van der Waals surface area contributed by atoms with Crippen LogP contribution in [0.4, 0.5) is 5.69 Å². The van der Waals surface area contributed by atoms with Crippen LogP contribution in [0.25, 0.3) is 0 Å². The molecule has 0 unspecified atom stereocenters. The van der Waals surface area contributed by atoms with Crippen LogP contribution in [0.3, 0.4) is 0 Å². The number of carbonyl (C=O) groups excluding carboxylic acids is 2. The first kappa shape index (κ1) is 16.9. The molecule has 3 aliphatic heterocycles. The molecule has 0 aromatic heterocycles. The highest BCUT2D eigenvalue weighted by Gasteiger charge is 2.62. The number of fused-ring (bicyclic) bond motifs is 3. The van der Waals surface area contributed by atoms with Crippen LogP contribution in [-0.2, 0) is 9.59 Å². The Hall–Kier alpha value is -2.21. The minimum Gasteiger partial charge on any atom is -0.274 e. The number of aryl methyl sites for hydroxylation is 1. The topological polar surface area (TPSA) is 43.9 Å². The molecule has 3 fully saturated rings. The molecule has 0 bridgehead atoms. The van der Waals surface area contributed by atoms with Crippen molar-refractivity contribution in [3.63, 3.8) is 0 Å². The van der Waals surface area contributed by atoms with Crippen LogP contribution in [0.1, 0.15) is 23.6 Å². The third-order valence-electron chi connectivity index (χ3n) is 5.91. The maximum absolute atomic E-state index is 13.4. The molecular formula is C21H20ClN3O2. The Morgan fingerprint density at radius 1 is 0.852 bits per heavy atom. The fraction of sp³-hybridized carbons (Fsp3) is 0.333. The SMILES string of the molecule is Cc1ccc([C@H]2[C@@H]3C(=O)N(c4ccc(Cl)cc4)C(=O)[C@@H]3N3CCCN23)cc1. The van der Waals surface area contributed by atoms with Gasteiger partial charge in [0.25, 0.3) is 5.91 Å². The van der Waals surface area contributed by atoms with E-state index in [1.165, 1.54) is 10.5 Å². The molecule has 2 amide bonds. The molecule has 138 valence electrons. The Balaban J connectivity index is 1.57. The molecule has 3 saturated heterocycles. The van der Waals surface area contributed by atoms with E-state index in [0.717, 1.165) is 25.1 Å². The summed E-state index contributed by atoms with van der Waals surface area (Å²) in [6.45, 7) is 3.75. The fourth-order valence-electron chi connectivity index (χ4n) is 4.72. The number of hydrogen-bond acceptors (Lipinski definition) is 4. The molecule has 3 heterocycles. The van der Waals surface area contributed by atoms with Gasteiger partial charge in [0.15, 0.2) is 0 Å². The Kier molecular flexibility index (Phi) is 3.86. The predicted octanol–water partition coefficient (Wildman–Crippen LogP) is 3.18. The second kappa shape index (κ2) is 6.16. The van der Waals surface area contributed by atoms with Gasteiger partial charge in [-0.05, 0) is 43.2 Å². The van der Waals surface area contributed by atoms with E-state index >= 15 is 0 Å². The fourth-order valence-corrected chi connectivity index (χ4v) is 4.85. The van der Waals surface area contributed by atoms with Gasteiger partial charge in [0, 0.05) is 18.1 Å². The van der Waals surface area contributed by atoms with Gasteiger partial charge in [-0.25, -0.2) is 14.9 Å². The summed E-state index contributed by atoms with van der Waals surface area (Å²) < 4.78 is 0. The zero-order valence-corrected chi connectivity index (χ0v) is 15.8. The lowest BCUT2D eigenvalue weighted by Gasteiger charge is -2.29. The number of hydrogen-bond donors (Lipinski definition) is 0. The average molecular weight is 382 g/mol. The second-order valence-electron chi connectivity index (χ2n) is 7.49. The van der Waals surface area contributed by atoms with Crippen molar-refractivity contribution < 1.29 is 9.59 Å². The summed E-state index contributed by atoms with van der Waals surface area (Å²) in [6.07, 6.45) is 1.01. The van der Waals surface area contributed by atoms with Gasteiger partial charge in [-0.2, -0.15) is 0 Å². The number of halogens is 1. The van der Waals surface area contributed by atoms with E-state index in [-0.39, 0.29) is 23.8 Å². The van der Waals surface area contributed by atoms with Crippen molar-refractivity contribution in [2.45, 2.75) is 25.4 Å². The smallest absolute Gasteiger partial charge is 0.253 e. The van der Waals surface area contributed by atoms with Crippen molar-refractivity contribution in [1.82, 2.24) is 10.0 Å². The van der Waals surface area contributed by atoms with E-state index in [2.05, 4.69) is 41.2 Å². The molecule has 0 radical (unpaired) electrons. The summed E-state index contributed by atoms with van der Waals surface area (Å²) in [6, 6.07) is 14.7. The lowest BCUT2D eigenvalue weighted by Crippen LogP contribution is -2.44. The summed E-state index contributed by atoms with van der Waals surface area (Å²) in [5.41, 5.74) is 2.87. The molecule has 2 aromatic rings. The number of rotatable bonds is 2. The summed E-state index contributed by atoms with van der Waals surface area (Å²) in [5.74, 6) is -0.627. The van der Waals surface area contributed by atoms with Crippen molar-refractivity contribution in [2.24, 2.45) is 5.92 Å². The van der Waals surface area contributed by atoms with Gasteiger partial charge < -0.3 is 0 Å². The number of anilines is 1. The Bertz CT molecular complexity index is 912. The molecule has 0 spiro atoms. The number of nitrogens with zero attached hydrogens (tertiary/aromatic N) is 3. The summed E-state index contributed by atoms with van der Waals surface area (Å²) in [7, 11) is 0. The van der Waals surface area contributed by atoms with Gasteiger partial charge in [-0.3, -0.25) is 9.59 Å². The number of hydrazine groups is 1. The highest BCUT2D eigenvalue weighted by atomic mass is 35.5. The van der Waals surface area contributed by atoms with Crippen molar-refractivity contribution in [3.8, 4) is 0 Å². The number of carbonyl (C=O) groups is 2. The van der Waals surface area contributed by atoms with Gasteiger partial charge in [0.2, 0.25) is 5.91 Å². The summed E-state index contributed by atoms with van der Waals surface area (Å²) in [4.78, 5) is 28.0. The molecule has 0 saturated carbocycles. The minimum absolute atomic E-state index is 0.0909. The molecule has 3 atom stereocenters. The standard InChI is InChI=1S/C21H20ClN3O2/c1-13-3-5-14(6-4-13)18-17-19(24-12-2-11-23(18)24)21(27)25(20(17)26)16-9-7-15(22)8-10-16/h3-10,17-19H,2,11-12H2,1H3/t17-,18-,19+/m0/s1. The molecule has 6 heteroatoms. The van der Waals surface area contributed by atoms with Crippen LogP contribution in [0.15, 0.2) is 48.5 Å². The quantitative estimate of drug-likeness (QED) is 0.749. The van der Waals surface area contributed by atoms with Gasteiger partial charge in [0.1, 0.15) is 6.04 Å². The van der Waals surface area contributed by atoms with E-state index in [1.54, 1.807) is 24.3 Å². The zero-order valence-electron chi connectivity index (χ0n) is 15.0. The van der Waals surface area contributed by atoms with Crippen LogP contribution in [0.2, 0.25) is 5.02 Å². The first-order valence-electron chi connectivity index (χ1n) is 9.29. The number of benzene rings is 2. The average Bonchev–Trinajstić information content (AvgIpc) is 3.30. The normalized spacial score (nSPS) is 28.1. The minimum atomic E-state index is -0.415. The summed E-state index contributed by atoms with van der Waals surface area (Å²) in [5, 5.41) is 4.93. The molecule has 3 aliphatic rings. The Morgan fingerprint density at radius 2 is 1.48 bits per heavy atom. The van der Waals surface area contributed by atoms with Gasteiger partial charge in [-0.1, -0.05) is 41.4 Å². The third kappa shape index (κ3) is 2.46. The lowest BCUT2D eigenvalue weighted by molar-refractivity contribution is -0.126. The first-order chi connectivity index (χ1) is 13.1. The second-order valence-corrected chi connectivity index (χ2v) is 7.93. The third-order valence-corrected chi connectivity index (χ3v) is 6.16. The maximum atomic E-state index is 13.4. The van der Waals surface area contributed by atoms with E-state index in [1.807, 2.05) is 0 Å². The van der Waals surface area contributed by atoms with Gasteiger partial charge in [0.05, 0.1) is 17.6 Å². The Morgan fingerprint density at radius 3 is 2.15 bits per heavy atom. The molecule has 2 aromatic carbocycles. The predicted molar refractivity (Wildman–Crippen MR) is 103 cm³/mol. The molecule has 5 rings (SSSR count). The van der Waals surface area contributed by atoms with Crippen LogP contribution in [0.5, 0.6) is 0 Å². The van der Waals surface area contributed by atoms with Crippen molar-refractivity contribution in [3.05, 3.63) is 64.7 Å². The van der Waals surface area contributed by atoms with E-state index < -0.39 is 6.04 Å². The van der Waals surface area contributed by atoms with Crippen molar-refractivity contribution >= 4 is 29.1 Å². The van der Waals surface area contributed by atoms with E-state index in [4.69, 9.17) is 11.6 Å². The lowest BCUT2D eigenvalue weighted by atomic mass is 9.89. The number of amides is 2. The van der Waals surface area contributed by atoms with Crippen LogP contribution in [0, 0.1) is 12.8 Å². The molecule has 0 aliphatic carbocycles. The summed E-state index contributed by atoms with van der Waals surface area (Å²) >= 11 is 5.97. The molecular weight excluding hydrogens is 362 g/mol. The van der Waals surface area contributed by atoms with E-state index in [0.29, 0.717) is 10.7 Å². The highest BCUT2D eigenvalue weighted by Crippen LogP contribution is 2.48. The molecule has 5 nitrogen and oxygen atoms in total. The van der Waals surface area contributed by atoms with Crippen LogP contribution in [-0.4, -0.2) is 41.0 Å². The zero-order chi connectivity index (χ0) is 18.7. The van der Waals surface area contributed by atoms with Gasteiger partial charge in [-0.15, -0.1) is 0 Å². The largest absolute Gasteiger partial charge is 0.274 e. The first-order valence-corrected chi connectivity index (χ1v) is 9.67. The van der Waals surface area contributed by atoms with Gasteiger partial charge >= 0.3 is 0 Å². The monoisotopic (exact) mass is 381 g/mol. The maximum Gasteiger partial charge on any atom is 0.253 e. The van der Waals surface area contributed by atoms with Crippen LogP contribution < -0.4 is 4.90 Å². The van der Waals surface area contributed by atoms with Crippen LogP contribution >= 0.6 is 11.6 Å². The molecule has 0 N–H and O–H groups in total. The van der Waals surface area contributed by atoms with E-state index in [9.17, 15) is 9.59 Å².